The van der Waals surface area contributed by atoms with Crippen molar-refractivity contribution >= 4 is 5.91 Å². The minimum absolute atomic E-state index is 0.122. The molecule has 0 aromatic heterocycles. The molecule has 0 saturated heterocycles. The van der Waals surface area contributed by atoms with Gasteiger partial charge in [-0.2, -0.15) is 0 Å². The molecule has 0 bridgehead atoms. The molecule has 64 valence electrons. The average molecular weight is 157 g/mol. The van der Waals surface area contributed by atoms with Gasteiger partial charge in [0.15, 0.2) is 0 Å². The molecule has 3 heteroatoms. The third-order valence-electron chi connectivity index (χ3n) is 2.18. The molecule has 0 spiro atoms. The van der Waals surface area contributed by atoms with E-state index in [2.05, 4.69) is 5.32 Å². The molecule has 11 heavy (non-hydrogen) atoms. The van der Waals surface area contributed by atoms with Crippen LogP contribution in [0.25, 0.3) is 0 Å². The van der Waals surface area contributed by atoms with Crippen LogP contribution in [-0.2, 0) is 9.53 Å². The topological polar surface area (TPSA) is 38.3 Å². The highest BCUT2D eigenvalue weighted by Gasteiger charge is 2.31. The number of carbonyl (C=O) groups excluding carboxylic acids is 1. The third-order valence-corrected chi connectivity index (χ3v) is 2.18. The zero-order valence-corrected chi connectivity index (χ0v) is 7.09. The van der Waals surface area contributed by atoms with Gasteiger partial charge in [0.05, 0.1) is 12.1 Å². The molecule has 0 heterocycles. The molecule has 0 aromatic rings. The lowest BCUT2D eigenvalue weighted by Gasteiger charge is -2.35. The van der Waals surface area contributed by atoms with Gasteiger partial charge in [0.1, 0.15) is 0 Å². The van der Waals surface area contributed by atoms with Crippen molar-refractivity contribution in [2.45, 2.75) is 38.3 Å². The minimum atomic E-state index is 0.122. The Labute approximate surface area is 67.1 Å². The van der Waals surface area contributed by atoms with E-state index in [0.717, 1.165) is 12.8 Å². The number of carbonyl (C=O) groups is 1. The van der Waals surface area contributed by atoms with Crippen LogP contribution in [0, 0.1) is 0 Å². The summed E-state index contributed by atoms with van der Waals surface area (Å²) in [5.74, 6) is 0.122. The molecule has 3 nitrogen and oxygen atoms in total. The van der Waals surface area contributed by atoms with Crippen LogP contribution in [0.4, 0.5) is 0 Å². The van der Waals surface area contributed by atoms with Crippen LogP contribution < -0.4 is 5.32 Å². The van der Waals surface area contributed by atoms with Gasteiger partial charge in [-0.1, -0.05) is 6.92 Å². The van der Waals surface area contributed by atoms with Crippen LogP contribution in [0.1, 0.15) is 26.2 Å². The Hall–Kier alpha value is -0.570. The van der Waals surface area contributed by atoms with E-state index in [9.17, 15) is 4.79 Å². The SMILES string of the molecule is CCC(=O)NC1CCC1OC. The van der Waals surface area contributed by atoms with Gasteiger partial charge >= 0.3 is 0 Å². The van der Waals surface area contributed by atoms with E-state index in [4.69, 9.17) is 4.74 Å². The Morgan fingerprint density at radius 3 is 2.73 bits per heavy atom. The normalized spacial score (nSPS) is 29.3. The molecule has 1 N–H and O–H groups in total. The van der Waals surface area contributed by atoms with Crippen molar-refractivity contribution in [3.8, 4) is 0 Å². The second-order valence-corrected chi connectivity index (χ2v) is 2.88. The fourth-order valence-corrected chi connectivity index (χ4v) is 1.23. The molecule has 2 unspecified atom stereocenters. The first-order valence-electron chi connectivity index (χ1n) is 4.10. The van der Waals surface area contributed by atoms with Gasteiger partial charge in [-0.15, -0.1) is 0 Å². The molecule has 0 aromatic carbocycles. The van der Waals surface area contributed by atoms with Gasteiger partial charge in [-0.05, 0) is 12.8 Å². The Bertz CT molecular complexity index is 145. The number of amides is 1. The molecular formula is C8H15NO2. The summed E-state index contributed by atoms with van der Waals surface area (Å²) in [6, 6.07) is 0.271. The molecule has 1 saturated carbocycles. The number of nitrogens with one attached hydrogen (secondary N) is 1. The van der Waals surface area contributed by atoms with Gasteiger partial charge in [-0.3, -0.25) is 4.79 Å². The smallest absolute Gasteiger partial charge is 0.220 e. The molecular weight excluding hydrogens is 142 g/mol. The summed E-state index contributed by atoms with van der Waals surface area (Å²) in [5, 5.41) is 2.90. The number of ether oxygens (including phenoxy) is 1. The van der Waals surface area contributed by atoms with Crippen molar-refractivity contribution in [1.82, 2.24) is 5.32 Å². The highest BCUT2D eigenvalue weighted by molar-refractivity contribution is 5.76. The molecule has 0 radical (unpaired) electrons. The number of rotatable bonds is 3. The molecule has 1 rings (SSSR count). The highest BCUT2D eigenvalue weighted by atomic mass is 16.5. The maximum Gasteiger partial charge on any atom is 0.220 e. The summed E-state index contributed by atoms with van der Waals surface area (Å²) in [4.78, 5) is 10.9. The first kappa shape index (κ1) is 8.53. The predicted molar refractivity (Wildman–Crippen MR) is 42.3 cm³/mol. The summed E-state index contributed by atoms with van der Waals surface area (Å²) in [5.41, 5.74) is 0. The monoisotopic (exact) mass is 157 g/mol. The Balaban J connectivity index is 2.21. The van der Waals surface area contributed by atoms with Gasteiger partial charge in [0, 0.05) is 13.5 Å². The van der Waals surface area contributed by atoms with Crippen LogP contribution in [0.5, 0.6) is 0 Å². The summed E-state index contributed by atoms with van der Waals surface area (Å²) in [6.07, 6.45) is 2.95. The molecule has 1 aliphatic carbocycles. The molecule has 0 aliphatic heterocycles. The molecule has 1 fully saturated rings. The van der Waals surface area contributed by atoms with Crippen LogP contribution in [0.3, 0.4) is 0 Å². The lowest BCUT2D eigenvalue weighted by molar-refractivity contribution is -0.124. The van der Waals surface area contributed by atoms with Gasteiger partial charge in [0.2, 0.25) is 5.91 Å². The summed E-state index contributed by atoms with van der Waals surface area (Å²) in [7, 11) is 1.69. The van der Waals surface area contributed by atoms with Crippen molar-refractivity contribution in [2.24, 2.45) is 0 Å². The fraction of sp³-hybridized carbons (Fsp3) is 0.875. The quantitative estimate of drug-likeness (QED) is 0.654. The lowest BCUT2D eigenvalue weighted by Crippen LogP contribution is -2.50. The summed E-state index contributed by atoms with van der Waals surface area (Å²) >= 11 is 0. The first-order chi connectivity index (χ1) is 5.27. The molecule has 2 atom stereocenters. The van der Waals surface area contributed by atoms with Crippen molar-refractivity contribution < 1.29 is 9.53 Å². The van der Waals surface area contributed by atoms with E-state index < -0.39 is 0 Å². The number of hydrogen-bond acceptors (Lipinski definition) is 2. The zero-order chi connectivity index (χ0) is 8.27. The molecule has 1 aliphatic rings. The van der Waals surface area contributed by atoms with Crippen LogP contribution in [0.15, 0.2) is 0 Å². The summed E-state index contributed by atoms with van der Waals surface area (Å²) < 4.78 is 5.13. The number of hydrogen-bond donors (Lipinski definition) is 1. The van der Waals surface area contributed by atoms with Crippen LogP contribution >= 0.6 is 0 Å². The predicted octanol–water partition coefficient (Wildman–Crippen LogP) is 0.690. The van der Waals surface area contributed by atoms with E-state index in [1.165, 1.54) is 0 Å². The average Bonchev–Trinajstić information content (AvgIpc) is 1.98. The van der Waals surface area contributed by atoms with Gasteiger partial charge in [-0.25, -0.2) is 0 Å². The van der Waals surface area contributed by atoms with E-state index in [1.54, 1.807) is 7.11 Å². The molecule has 1 amide bonds. The maximum absolute atomic E-state index is 10.9. The number of methoxy groups -OCH3 is 1. The Morgan fingerprint density at radius 2 is 2.36 bits per heavy atom. The van der Waals surface area contributed by atoms with Crippen molar-refractivity contribution in [1.29, 1.82) is 0 Å². The van der Waals surface area contributed by atoms with Crippen LogP contribution in [0.2, 0.25) is 0 Å². The van der Waals surface area contributed by atoms with Crippen molar-refractivity contribution in [3.05, 3.63) is 0 Å². The second-order valence-electron chi connectivity index (χ2n) is 2.88. The minimum Gasteiger partial charge on any atom is -0.379 e. The second kappa shape index (κ2) is 3.72. The maximum atomic E-state index is 10.9. The Kier molecular flexibility index (Phi) is 2.88. The lowest BCUT2D eigenvalue weighted by atomic mass is 9.89. The zero-order valence-electron chi connectivity index (χ0n) is 7.09. The van der Waals surface area contributed by atoms with Crippen molar-refractivity contribution in [3.63, 3.8) is 0 Å². The third kappa shape index (κ3) is 1.93. The van der Waals surface area contributed by atoms with Crippen LogP contribution in [-0.4, -0.2) is 25.2 Å². The van der Waals surface area contributed by atoms with E-state index in [-0.39, 0.29) is 18.1 Å². The van der Waals surface area contributed by atoms with Gasteiger partial charge in [0.25, 0.3) is 0 Å². The Morgan fingerprint density at radius 1 is 1.64 bits per heavy atom. The largest absolute Gasteiger partial charge is 0.379 e. The fourth-order valence-electron chi connectivity index (χ4n) is 1.23. The standard InChI is InChI=1S/C8H15NO2/c1-3-8(10)9-6-4-5-7(6)11-2/h6-7H,3-5H2,1-2H3,(H,9,10). The van der Waals surface area contributed by atoms with Crippen molar-refractivity contribution in [2.75, 3.05) is 7.11 Å². The summed E-state index contributed by atoms with van der Waals surface area (Å²) in [6.45, 7) is 1.86. The highest BCUT2D eigenvalue weighted by Crippen LogP contribution is 2.22. The first-order valence-corrected chi connectivity index (χ1v) is 4.10. The van der Waals surface area contributed by atoms with E-state index in [0.29, 0.717) is 6.42 Å². The van der Waals surface area contributed by atoms with E-state index in [1.807, 2.05) is 6.92 Å². The van der Waals surface area contributed by atoms with Gasteiger partial charge < -0.3 is 10.1 Å². The van der Waals surface area contributed by atoms with E-state index >= 15 is 0 Å².